The minimum absolute atomic E-state index is 0.124. The Bertz CT molecular complexity index is 340. The van der Waals surface area contributed by atoms with Crippen molar-refractivity contribution in [2.45, 2.75) is 22.8 Å². The molecule has 0 amide bonds. The lowest BCUT2D eigenvalue weighted by atomic mass is 10.1. The monoisotopic (exact) mass is 336 g/mol. The summed E-state index contributed by atoms with van der Waals surface area (Å²) in [6, 6.07) is 8.25. The maximum atomic E-state index is 6.49. The molecule has 2 rings (SSSR count). The van der Waals surface area contributed by atoms with Gasteiger partial charge in [0.1, 0.15) is 0 Å². The smallest absolute Gasteiger partial charge is 0.0614 e. The zero-order valence-electron chi connectivity index (χ0n) is 8.86. The minimum Gasteiger partial charge on any atom is -0.148 e. The van der Waals surface area contributed by atoms with Gasteiger partial charge in [-0.2, -0.15) is 0 Å². The highest BCUT2D eigenvalue weighted by Crippen LogP contribution is 2.40. The van der Waals surface area contributed by atoms with Crippen molar-refractivity contribution in [3.05, 3.63) is 34.3 Å². The standard InChI is InChI=1S/C12H14BrClS2/c13-10-5-2-1-4-9(10)11(14)8-12-15-6-3-7-16-12/h1-2,4-5,11-12H,3,6-8H2. The summed E-state index contributed by atoms with van der Waals surface area (Å²) in [6.45, 7) is 0. The maximum absolute atomic E-state index is 6.49. The summed E-state index contributed by atoms with van der Waals surface area (Å²) in [5.41, 5.74) is 1.22. The molecule has 0 radical (unpaired) electrons. The van der Waals surface area contributed by atoms with Crippen LogP contribution in [0.15, 0.2) is 28.7 Å². The minimum atomic E-state index is 0.124. The van der Waals surface area contributed by atoms with E-state index in [9.17, 15) is 0 Å². The van der Waals surface area contributed by atoms with E-state index in [1.54, 1.807) is 0 Å². The molecular weight excluding hydrogens is 324 g/mol. The van der Waals surface area contributed by atoms with Gasteiger partial charge in [-0.15, -0.1) is 35.1 Å². The summed E-state index contributed by atoms with van der Waals surface area (Å²) in [6.07, 6.45) is 2.40. The third kappa shape index (κ3) is 3.59. The van der Waals surface area contributed by atoms with Gasteiger partial charge in [0.2, 0.25) is 0 Å². The van der Waals surface area contributed by atoms with Gasteiger partial charge in [0.05, 0.1) is 9.96 Å². The molecule has 4 heteroatoms. The van der Waals surface area contributed by atoms with Crippen molar-refractivity contribution < 1.29 is 0 Å². The topological polar surface area (TPSA) is 0 Å². The summed E-state index contributed by atoms with van der Waals surface area (Å²) < 4.78 is 1.80. The average Bonchev–Trinajstić information content (AvgIpc) is 2.31. The highest BCUT2D eigenvalue weighted by molar-refractivity contribution is 9.10. The third-order valence-electron chi connectivity index (χ3n) is 2.54. The molecule has 1 aliphatic heterocycles. The zero-order valence-corrected chi connectivity index (χ0v) is 12.8. The van der Waals surface area contributed by atoms with Gasteiger partial charge in [0.25, 0.3) is 0 Å². The fourth-order valence-corrected chi connectivity index (χ4v) is 5.92. The molecule has 16 heavy (non-hydrogen) atoms. The van der Waals surface area contributed by atoms with Gasteiger partial charge in [-0.1, -0.05) is 34.1 Å². The Hall–Kier alpha value is 0.690. The van der Waals surface area contributed by atoms with Crippen LogP contribution in [0.5, 0.6) is 0 Å². The molecule has 1 atom stereocenters. The van der Waals surface area contributed by atoms with Crippen molar-refractivity contribution in [1.29, 1.82) is 0 Å². The normalized spacial score (nSPS) is 19.6. The molecule has 0 saturated carbocycles. The van der Waals surface area contributed by atoms with Crippen LogP contribution in [0.3, 0.4) is 0 Å². The molecule has 1 fully saturated rings. The van der Waals surface area contributed by atoms with Crippen LogP contribution in [0.25, 0.3) is 0 Å². The van der Waals surface area contributed by atoms with Gasteiger partial charge in [-0.05, 0) is 36.0 Å². The summed E-state index contributed by atoms with van der Waals surface area (Å²) in [5.74, 6) is 2.58. The van der Waals surface area contributed by atoms with Crippen LogP contribution in [0.2, 0.25) is 0 Å². The Morgan fingerprint density at radius 1 is 1.31 bits per heavy atom. The zero-order chi connectivity index (χ0) is 11.4. The Morgan fingerprint density at radius 2 is 2.00 bits per heavy atom. The van der Waals surface area contributed by atoms with Crippen LogP contribution in [0, 0.1) is 0 Å². The molecule has 1 unspecified atom stereocenters. The van der Waals surface area contributed by atoms with Crippen molar-refractivity contribution in [2.24, 2.45) is 0 Å². The van der Waals surface area contributed by atoms with Crippen LogP contribution in [0.4, 0.5) is 0 Å². The van der Waals surface area contributed by atoms with E-state index in [1.165, 1.54) is 23.5 Å². The Morgan fingerprint density at radius 3 is 2.69 bits per heavy atom. The molecule has 0 nitrogen and oxygen atoms in total. The largest absolute Gasteiger partial charge is 0.148 e. The van der Waals surface area contributed by atoms with E-state index in [0.29, 0.717) is 4.58 Å². The first-order chi connectivity index (χ1) is 7.77. The van der Waals surface area contributed by atoms with E-state index in [2.05, 4.69) is 57.7 Å². The van der Waals surface area contributed by atoms with Gasteiger partial charge in [0, 0.05) is 4.47 Å². The van der Waals surface area contributed by atoms with Crippen molar-refractivity contribution >= 4 is 51.1 Å². The van der Waals surface area contributed by atoms with Crippen LogP contribution in [-0.4, -0.2) is 16.1 Å². The number of hydrogen-bond acceptors (Lipinski definition) is 2. The molecule has 0 spiro atoms. The molecular formula is C12H14BrClS2. The first-order valence-corrected chi connectivity index (χ1v) is 8.72. The summed E-state index contributed by atoms with van der Waals surface area (Å²) in [4.78, 5) is 0. The van der Waals surface area contributed by atoms with Gasteiger partial charge in [0.15, 0.2) is 0 Å². The van der Waals surface area contributed by atoms with Gasteiger partial charge in [-0.25, -0.2) is 0 Å². The number of halogens is 2. The van der Waals surface area contributed by atoms with Crippen LogP contribution in [-0.2, 0) is 0 Å². The van der Waals surface area contributed by atoms with E-state index in [-0.39, 0.29) is 5.38 Å². The Labute approximate surface area is 119 Å². The highest BCUT2D eigenvalue weighted by Gasteiger charge is 2.20. The molecule has 0 aliphatic carbocycles. The number of benzene rings is 1. The molecule has 1 aliphatic rings. The Balaban J connectivity index is 1.96. The van der Waals surface area contributed by atoms with Crippen LogP contribution >= 0.6 is 51.1 Å². The Kier molecular flexibility index (Phi) is 5.40. The summed E-state index contributed by atoms with van der Waals surface area (Å²) in [7, 11) is 0. The second-order valence-electron chi connectivity index (χ2n) is 3.75. The first kappa shape index (κ1) is 13.1. The molecule has 0 N–H and O–H groups in total. The predicted octanol–water partition coefficient (Wildman–Crippen LogP) is 5.32. The molecule has 1 aromatic rings. The molecule has 0 aromatic heterocycles. The van der Waals surface area contributed by atoms with Gasteiger partial charge >= 0.3 is 0 Å². The average molecular weight is 338 g/mol. The predicted molar refractivity (Wildman–Crippen MR) is 80.7 cm³/mol. The number of hydrogen-bond donors (Lipinski definition) is 0. The second-order valence-corrected chi connectivity index (χ2v) is 8.05. The lowest BCUT2D eigenvalue weighted by molar-refractivity contribution is 0.857. The van der Waals surface area contributed by atoms with Crippen LogP contribution < -0.4 is 0 Å². The highest BCUT2D eigenvalue weighted by atomic mass is 79.9. The third-order valence-corrected chi connectivity index (χ3v) is 6.67. The van der Waals surface area contributed by atoms with E-state index >= 15 is 0 Å². The maximum Gasteiger partial charge on any atom is 0.0614 e. The molecule has 1 saturated heterocycles. The van der Waals surface area contributed by atoms with E-state index in [1.807, 2.05) is 6.07 Å². The number of rotatable bonds is 3. The van der Waals surface area contributed by atoms with Crippen molar-refractivity contribution in [2.75, 3.05) is 11.5 Å². The molecule has 88 valence electrons. The van der Waals surface area contributed by atoms with Crippen molar-refractivity contribution in [3.63, 3.8) is 0 Å². The van der Waals surface area contributed by atoms with Crippen LogP contribution in [0.1, 0.15) is 23.8 Å². The molecule has 1 aromatic carbocycles. The molecule has 0 bridgehead atoms. The van der Waals surface area contributed by atoms with Gasteiger partial charge < -0.3 is 0 Å². The van der Waals surface area contributed by atoms with Crippen molar-refractivity contribution in [1.82, 2.24) is 0 Å². The fourth-order valence-electron chi connectivity index (χ4n) is 1.70. The second kappa shape index (κ2) is 6.58. The SMILES string of the molecule is ClC(CC1SCCCS1)c1ccccc1Br. The summed E-state index contributed by atoms with van der Waals surface area (Å²) in [5, 5.41) is 0.124. The fraction of sp³-hybridized carbons (Fsp3) is 0.500. The van der Waals surface area contributed by atoms with E-state index in [4.69, 9.17) is 11.6 Å². The van der Waals surface area contributed by atoms with E-state index < -0.39 is 0 Å². The lowest BCUT2D eigenvalue weighted by Crippen LogP contribution is -2.09. The first-order valence-electron chi connectivity index (χ1n) is 5.39. The van der Waals surface area contributed by atoms with E-state index in [0.717, 1.165) is 10.9 Å². The summed E-state index contributed by atoms with van der Waals surface area (Å²) >= 11 is 14.2. The number of alkyl halides is 1. The number of thioether (sulfide) groups is 2. The van der Waals surface area contributed by atoms with Crippen molar-refractivity contribution in [3.8, 4) is 0 Å². The molecule has 1 heterocycles. The quantitative estimate of drug-likeness (QED) is 0.685. The lowest BCUT2D eigenvalue weighted by Gasteiger charge is -2.23. The van der Waals surface area contributed by atoms with Gasteiger partial charge in [-0.3, -0.25) is 0 Å².